The number of carbonyl (C=O) groups is 1. The molecule has 9 heteroatoms. The van der Waals surface area contributed by atoms with Crippen molar-refractivity contribution in [2.75, 3.05) is 26.2 Å². The fourth-order valence-electron chi connectivity index (χ4n) is 2.40. The van der Waals surface area contributed by atoms with Crippen LogP contribution in [0.15, 0.2) is 40.1 Å². The predicted octanol–water partition coefficient (Wildman–Crippen LogP) is 1.94. The summed E-state index contributed by atoms with van der Waals surface area (Å²) in [6.45, 7) is 1.15. The Labute approximate surface area is 143 Å². The van der Waals surface area contributed by atoms with Crippen LogP contribution in [0.3, 0.4) is 0 Å². The Hall–Kier alpha value is -1.48. The molecule has 2 heterocycles. The van der Waals surface area contributed by atoms with Crippen LogP contribution in [0.2, 0.25) is 5.02 Å². The quantitative estimate of drug-likeness (QED) is 0.826. The van der Waals surface area contributed by atoms with Gasteiger partial charge in [-0.15, -0.1) is 11.3 Å². The first-order valence-corrected chi connectivity index (χ1v) is 9.68. The van der Waals surface area contributed by atoms with Gasteiger partial charge in [0.15, 0.2) is 0 Å². The molecule has 0 spiro atoms. The Bertz CT molecular complexity index is 800. The average molecular weight is 372 g/mol. The monoisotopic (exact) mass is 371 g/mol. The molecule has 1 aromatic heterocycles. The van der Waals surface area contributed by atoms with E-state index >= 15 is 0 Å². The van der Waals surface area contributed by atoms with Gasteiger partial charge in [0.2, 0.25) is 10.0 Å². The number of nitrogens with zero attached hydrogens (tertiary/aromatic N) is 3. The lowest BCUT2D eigenvalue weighted by Crippen LogP contribution is -2.50. The Morgan fingerprint density at radius 3 is 2.48 bits per heavy atom. The van der Waals surface area contributed by atoms with Crippen LogP contribution in [0.25, 0.3) is 0 Å². The molecule has 0 bridgehead atoms. The van der Waals surface area contributed by atoms with E-state index in [1.165, 1.54) is 21.7 Å². The molecule has 3 rings (SSSR count). The third-order valence-corrected chi connectivity index (χ3v) is 6.62. The third kappa shape index (κ3) is 3.25. The summed E-state index contributed by atoms with van der Waals surface area (Å²) in [6.07, 6.45) is 0. The van der Waals surface area contributed by atoms with Gasteiger partial charge < -0.3 is 4.90 Å². The molecule has 23 heavy (non-hydrogen) atoms. The lowest BCUT2D eigenvalue weighted by molar-refractivity contribution is 0.0693. The Morgan fingerprint density at radius 2 is 1.87 bits per heavy atom. The SMILES string of the molecule is O=C(c1cscn1)N1CCN(S(=O)(=O)c2ccccc2Cl)CC1. The van der Waals surface area contributed by atoms with Crippen LogP contribution in [0.4, 0.5) is 0 Å². The lowest BCUT2D eigenvalue weighted by Gasteiger charge is -2.33. The van der Waals surface area contributed by atoms with E-state index in [1.54, 1.807) is 34.0 Å². The molecule has 1 aliphatic heterocycles. The third-order valence-electron chi connectivity index (χ3n) is 3.63. The van der Waals surface area contributed by atoms with E-state index < -0.39 is 10.0 Å². The molecule has 122 valence electrons. The van der Waals surface area contributed by atoms with Crippen molar-refractivity contribution in [3.63, 3.8) is 0 Å². The molecular weight excluding hydrogens is 358 g/mol. The molecule has 0 N–H and O–H groups in total. The van der Waals surface area contributed by atoms with E-state index in [9.17, 15) is 13.2 Å². The van der Waals surface area contributed by atoms with E-state index in [2.05, 4.69) is 4.98 Å². The molecule has 1 amide bonds. The summed E-state index contributed by atoms with van der Waals surface area (Å²) in [4.78, 5) is 17.9. The number of carbonyl (C=O) groups excluding carboxylic acids is 1. The summed E-state index contributed by atoms with van der Waals surface area (Å²) in [5.41, 5.74) is 2.00. The first-order chi connectivity index (χ1) is 11.0. The van der Waals surface area contributed by atoms with Gasteiger partial charge in [-0.25, -0.2) is 13.4 Å². The molecule has 0 aliphatic carbocycles. The Balaban J connectivity index is 1.72. The first kappa shape index (κ1) is 16.4. The molecule has 1 fully saturated rings. The molecule has 0 unspecified atom stereocenters. The maximum Gasteiger partial charge on any atom is 0.273 e. The zero-order valence-corrected chi connectivity index (χ0v) is 14.4. The molecule has 0 atom stereocenters. The van der Waals surface area contributed by atoms with Crippen molar-refractivity contribution >= 4 is 38.9 Å². The molecule has 1 saturated heterocycles. The number of halogens is 1. The molecule has 1 aliphatic rings. The summed E-state index contributed by atoms with van der Waals surface area (Å²) < 4.78 is 26.6. The van der Waals surface area contributed by atoms with Crippen molar-refractivity contribution in [2.45, 2.75) is 4.90 Å². The zero-order chi connectivity index (χ0) is 16.4. The minimum absolute atomic E-state index is 0.0981. The fourth-order valence-corrected chi connectivity index (χ4v) is 4.85. The van der Waals surface area contributed by atoms with E-state index in [0.717, 1.165) is 0 Å². The molecular formula is C14H14ClN3O3S2. The van der Waals surface area contributed by atoms with Gasteiger partial charge in [-0.3, -0.25) is 4.79 Å². The highest BCUT2D eigenvalue weighted by Gasteiger charge is 2.31. The van der Waals surface area contributed by atoms with E-state index in [1.807, 2.05) is 0 Å². The smallest absolute Gasteiger partial charge is 0.273 e. The van der Waals surface area contributed by atoms with Gasteiger partial charge in [0.1, 0.15) is 10.6 Å². The van der Waals surface area contributed by atoms with Crippen molar-refractivity contribution in [3.05, 3.63) is 45.9 Å². The van der Waals surface area contributed by atoms with Gasteiger partial charge in [0.25, 0.3) is 5.91 Å². The van der Waals surface area contributed by atoms with Gasteiger partial charge in [-0.05, 0) is 12.1 Å². The van der Waals surface area contributed by atoms with E-state index in [4.69, 9.17) is 11.6 Å². The average Bonchev–Trinajstić information content (AvgIpc) is 3.09. The summed E-state index contributed by atoms with van der Waals surface area (Å²) in [5.74, 6) is -0.166. The number of benzene rings is 1. The second-order valence-electron chi connectivity index (χ2n) is 5.00. The maximum absolute atomic E-state index is 12.6. The minimum atomic E-state index is -3.65. The molecule has 1 aromatic carbocycles. The number of thiazole rings is 1. The van der Waals surface area contributed by atoms with E-state index in [0.29, 0.717) is 18.8 Å². The van der Waals surface area contributed by atoms with Gasteiger partial charge in [-0.1, -0.05) is 23.7 Å². The number of sulfonamides is 1. The highest BCUT2D eigenvalue weighted by Crippen LogP contribution is 2.25. The Kier molecular flexibility index (Phi) is 4.67. The number of piperazine rings is 1. The summed E-state index contributed by atoms with van der Waals surface area (Å²) in [6, 6.07) is 6.37. The normalized spacial score (nSPS) is 16.5. The number of hydrogen-bond acceptors (Lipinski definition) is 5. The molecule has 2 aromatic rings. The van der Waals surface area contributed by atoms with Crippen molar-refractivity contribution in [3.8, 4) is 0 Å². The van der Waals surface area contributed by atoms with Crippen molar-refractivity contribution in [1.82, 2.24) is 14.2 Å². The number of amides is 1. The van der Waals surface area contributed by atoms with Crippen LogP contribution in [0, 0.1) is 0 Å². The van der Waals surface area contributed by atoms with E-state index in [-0.39, 0.29) is 28.9 Å². The number of hydrogen-bond donors (Lipinski definition) is 0. The summed E-state index contributed by atoms with van der Waals surface area (Å²) >= 11 is 7.35. The second kappa shape index (κ2) is 6.56. The van der Waals surface area contributed by atoms with Crippen molar-refractivity contribution < 1.29 is 13.2 Å². The van der Waals surface area contributed by atoms with Gasteiger partial charge in [0.05, 0.1) is 10.5 Å². The van der Waals surface area contributed by atoms with Gasteiger partial charge >= 0.3 is 0 Å². The topological polar surface area (TPSA) is 70.6 Å². The first-order valence-electron chi connectivity index (χ1n) is 6.92. The Morgan fingerprint density at radius 1 is 1.17 bits per heavy atom. The van der Waals surface area contributed by atoms with Gasteiger partial charge in [0, 0.05) is 31.6 Å². The maximum atomic E-state index is 12.6. The van der Waals surface area contributed by atoms with Crippen LogP contribution in [0.1, 0.15) is 10.5 Å². The van der Waals surface area contributed by atoms with Crippen molar-refractivity contribution in [1.29, 1.82) is 0 Å². The zero-order valence-electron chi connectivity index (χ0n) is 12.1. The standard InChI is InChI=1S/C14H14ClN3O3S2/c15-11-3-1-2-4-13(11)23(20,21)18-7-5-17(6-8-18)14(19)12-9-22-10-16-12/h1-4,9-10H,5-8H2. The highest BCUT2D eigenvalue weighted by atomic mass is 35.5. The van der Waals surface area contributed by atoms with Crippen LogP contribution < -0.4 is 0 Å². The van der Waals surface area contributed by atoms with Gasteiger partial charge in [-0.2, -0.15) is 4.31 Å². The van der Waals surface area contributed by atoms with Crippen LogP contribution >= 0.6 is 22.9 Å². The summed E-state index contributed by atoms with van der Waals surface area (Å²) in [5, 5.41) is 1.89. The molecule has 0 saturated carbocycles. The largest absolute Gasteiger partial charge is 0.335 e. The molecule has 6 nitrogen and oxygen atoms in total. The van der Waals surface area contributed by atoms with Crippen LogP contribution in [-0.2, 0) is 10.0 Å². The minimum Gasteiger partial charge on any atom is -0.335 e. The second-order valence-corrected chi connectivity index (χ2v) is 8.03. The van der Waals surface area contributed by atoms with Crippen LogP contribution in [-0.4, -0.2) is 54.7 Å². The fraction of sp³-hybridized carbons (Fsp3) is 0.286. The van der Waals surface area contributed by atoms with Crippen LogP contribution in [0.5, 0.6) is 0 Å². The predicted molar refractivity (Wildman–Crippen MR) is 88.2 cm³/mol. The lowest BCUT2D eigenvalue weighted by atomic mass is 10.3. The number of rotatable bonds is 3. The summed E-state index contributed by atoms with van der Waals surface area (Å²) in [7, 11) is -3.65. The molecule has 0 radical (unpaired) electrons. The number of aromatic nitrogens is 1. The van der Waals surface area contributed by atoms with Crippen molar-refractivity contribution in [2.24, 2.45) is 0 Å². The highest BCUT2D eigenvalue weighted by molar-refractivity contribution is 7.89.